The number of carbonyl (C=O) groups is 1. The first-order valence-electron chi connectivity index (χ1n) is 8.23. The zero-order valence-corrected chi connectivity index (χ0v) is 12.4. The summed E-state index contributed by atoms with van der Waals surface area (Å²) in [5.41, 5.74) is 0.522. The maximum atomic E-state index is 12.6. The molecule has 0 aromatic carbocycles. The second-order valence-corrected chi connectivity index (χ2v) is 6.73. The summed E-state index contributed by atoms with van der Waals surface area (Å²) in [7, 11) is 0. The van der Waals surface area contributed by atoms with Crippen LogP contribution >= 0.6 is 0 Å². The Hall–Kier alpha value is -1.43. The molecule has 1 aromatic heterocycles. The average molecular weight is 289 g/mol. The molecule has 2 unspecified atom stereocenters. The molecule has 1 aromatic rings. The molecule has 21 heavy (non-hydrogen) atoms. The van der Waals surface area contributed by atoms with Crippen LogP contribution in [0.1, 0.15) is 48.6 Å². The molecule has 1 amide bonds. The van der Waals surface area contributed by atoms with Crippen LogP contribution in [0.25, 0.3) is 0 Å². The van der Waals surface area contributed by atoms with Gasteiger partial charge in [-0.3, -0.25) is 4.79 Å². The number of nitrogens with zero attached hydrogens (tertiary/aromatic N) is 4. The maximum Gasteiger partial charge on any atom is 0.276 e. The first-order valence-corrected chi connectivity index (χ1v) is 8.23. The topological polar surface area (TPSA) is 63.1 Å². The Bertz CT molecular complexity index is 510. The number of amides is 1. The molecule has 0 radical (unpaired) electrons. The number of aromatic nitrogens is 3. The molecule has 1 aliphatic carbocycles. The summed E-state index contributed by atoms with van der Waals surface area (Å²) in [5, 5.41) is 11.7. The number of hydrogen-bond donors (Lipinski definition) is 1. The Morgan fingerprint density at radius 1 is 1.14 bits per heavy atom. The van der Waals surface area contributed by atoms with Crippen molar-refractivity contribution in [1.29, 1.82) is 0 Å². The van der Waals surface area contributed by atoms with Gasteiger partial charge in [0.1, 0.15) is 0 Å². The minimum atomic E-state index is 0.0737. The summed E-state index contributed by atoms with van der Waals surface area (Å²) in [6.07, 6.45) is 7.89. The van der Waals surface area contributed by atoms with Crippen molar-refractivity contribution in [3.05, 3.63) is 11.9 Å². The molecule has 2 atom stereocenters. The predicted octanol–water partition coefficient (Wildman–Crippen LogP) is 1.07. The highest BCUT2D eigenvalue weighted by molar-refractivity contribution is 5.92. The average Bonchev–Trinajstić information content (AvgIpc) is 3.22. The van der Waals surface area contributed by atoms with E-state index in [9.17, 15) is 4.79 Å². The Kier molecular flexibility index (Phi) is 3.41. The van der Waals surface area contributed by atoms with Crippen LogP contribution in [-0.2, 0) is 0 Å². The zero-order chi connectivity index (χ0) is 14.2. The van der Waals surface area contributed by atoms with E-state index in [1.807, 2.05) is 15.8 Å². The van der Waals surface area contributed by atoms with E-state index in [4.69, 9.17) is 0 Å². The maximum absolute atomic E-state index is 12.6. The Labute approximate surface area is 124 Å². The fraction of sp³-hybridized carbons (Fsp3) is 0.800. The van der Waals surface area contributed by atoms with Crippen molar-refractivity contribution in [2.45, 2.75) is 38.1 Å². The first kappa shape index (κ1) is 13.2. The molecule has 3 heterocycles. The lowest BCUT2D eigenvalue weighted by atomic mass is 10.0. The van der Waals surface area contributed by atoms with Gasteiger partial charge in [-0.25, -0.2) is 4.68 Å². The largest absolute Gasteiger partial charge is 0.337 e. The molecule has 0 spiro atoms. The SMILES string of the molecule is O=C(c1cn(C2CCNCC2)nn1)N1CC2CCCC2C1. The second kappa shape index (κ2) is 5.40. The molecule has 3 fully saturated rings. The standard InChI is InChI=1S/C15H23N5O/c21-15(19-8-11-2-1-3-12(11)9-19)14-10-20(18-17-14)13-4-6-16-7-5-13/h10-13,16H,1-9H2. The highest BCUT2D eigenvalue weighted by Gasteiger charge is 2.38. The normalized spacial score (nSPS) is 29.8. The van der Waals surface area contributed by atoms with Crippen LogP contribution in [0.5, 0.6) is 0 Å². The Morgan fingerprint density at radius 3 is 2.57 bits per heavy atom. The van der Waals surface area contributed by atoms with Gasteiger partial charge in [-0.05, 0) is 50.6 Å². The molecule has 114 valence electrons. The summed E-state index contributed by atoms with van der Waals surface area (Å²) in [6, 6.07) is 0.387. The van der Waals surface area contributed by atoms with Gasteiger partial charge >= 0.3 is 0 Å². The number of likely N-dealkylation sites (tertiary alicyclic amines) is 1. The molecule has 6 heteroatoms. The van der Waals surface area contributed by atoms with Crippen molar-refractivity contribution in [2.24, 2.45) is 11.8 Å². The number of nitrogens with one attached hydrogen (secondary N) is 1. The summed E-state index contributed by atoms with van der Waals surface area (Å²) in [6.45, 7) is 3.88. The zero-order valence-electron chi connectivity index (χ0n) is 12.4. The van der Waals surface area contributed by atoms with Crippen LogP contribution in [0.3, 0.4) is 0 Å². The monoisotopic (exact) mass is 289 g/mol. The summed E-state index contributed by atoms with van der Waals surface area (Å²) >= 11 is 0. The minimum Gasteiger partial charge on any atom is -0.337 e. The van der Waals surface area contributed by atoms with Crippen molar-refractivity contribution in [3.63, 3.8) is 0 Å². The van der Waals surface area contributed by atoms with E-state index in [1.54, 1.807) is 0 Å². The van der Waals surface area contributed by atoms with Crippen LogP contribution in [0, 0.1) is 11.8 Å². The molecule has 1 N–H and O–H groups in total. The van der Waals surface area contributed by atoms with Crippen LogP contribution in [0.15, 0.2) is 6.20 Å². The van der Waals surface area contributed by atoms with E-state index in [2.05, 4.69) is 15.6 Å². The van der Waals surface area contributed by atoms with Crippen LogP contribution in [0.4, 0.5) is 0 Å². The Balaban J connectivity index is 1.44. The molecule has 6 nitrogen and oxygen atoms in total. The van der Waals surface area contributed by atoms with Gasteiger partial charge in [-0.2, -0.15) is 0 Å². The second-order valence-electron chi connectivity index (χ2n) is 6.73. The van der Waals surface area contributed by atoms with Crippen molar-refractivity contribution in [3.8, 4) is 0 Å². The van der Waals surface area contributed by atoms with E-state index >= 15 is 0 Å². The van der Waals surface area contributed by atoms with Gasteiger partial charge in [0, 0.05) is 13.1 Å². The van der Waals surface area contributed by atoms with Crippen molar-refractivity contribution >= 4 is 5.91 Å². The van der Waals surface area contributed by atoms with Crippen molar-refractivity contribution in [2.75, 3.05) is 26.2 Å². The lowest BCUT2D eigenvalue weighted by molar-refractivity contribution is 0.0774. The molecule has 2 saturated heterocycles. The third-order valence-electron chi connectivity index (χ3n) is 5.43. The smallest absolute Gasteiger partial charge is 0.276 e. The third-order valence-corrected chi connectivity index (χ3v) is 5.43. The van der Waals surface area contributed by atoms with Gasteiger partial charge in [0.25, 0.3) is 5.91 Å². The number of hydrogen-bond acceptors (Lipinski definition) is 4. The number of carbonyl (C=O) groups excluding carboxylic acids is 1. The fourth-order valence-electron chi connectivity index (χ4n) is 4.19. The van der Waals surface area contributed by atoms with Gasteiger partial charge in [-0.15, -0.1) is 5.10 Å². The van der Waals surface area contributed by atoms with Crippen molar-refractivity contribution in [1.82, 2.24) is 25.2 Å². The quantitative estimate of drug-likeness (QED) is 0.885. The van der Waals surface area contributed by atoms with Crippen LogP contribution in [-0.4, -0.2) is 52.0 Å². The van der Waals surface area contributed by atoms with E-state index in [1.165, 1.54) is 19.3 Å². The summed E-state index contributed by atoms with van der Waals surface area (Å²) < 4.78 is 1.89. The van der Waals surface area contributed by atoms with Crippen molar-refractivity contribution < 1.29 is 4.79 Å². The van der Waals surface area contributed by atoms with E-state index in [0.717, 1.165) is 50.9 Å². The molecule has 1 saturated carbocycles. The number of fused-ring (bicyclic) bond motifs is 1. The molecule has 0 bridgehead atoms. The number of piperidine rings is 1. The lowest BCUT2D eigenvalue weighted by Crippen LogP contribution is -2.30. The fourth-order valence-corrected chi connectivity index (χ4v) is 4.19. The van der Waals surface area contributed by atoms with Crippen LogP contribution < -0.4 is 5.32 Å². The van der Waals surface area contributed by atoms with E-state index in [0.29, 0.717) is 11.7 Å². The molecular formula is C15H23N5O. The molecule has 4 rings (SSSR count). The predicted molar refractivity (Wildman–Crippen MR) is 77.9 cm³/mol. The van der Waals surface area contributed by atoms with Gasteiger partial charge in [0.15, 0.2) is 5.69 Å². The van der Waals surface area contributed by atoms with Crippen LogP contribution in [0.2, 0.25) is 0 Å². The molecular weight excluding hydrogens is 266 g/mol. The van der Waals surface area contributed by atoms with Gasteiger partial charge in [0.05, 0.1) is 12.2 Å². The highest BCUT2D eigenvalue weighted by atomic mass is 16.2. The molecule has 3 aliphatic rings. The first-order chi connectivity index (χ1) is 10.3. The Morgan fingerprint density at radius 2 is 1.86 bits per heavy atom. The van der Waals surface area contributed by atoms with Gasteiger partial charge in [0.2, 0.25) is 0 Å². The number of rotatable bonds is 2. The lowest BCUT2D eigenvalue weighted by Gasteiger charge is -2.22. The highest BCUT2D eigenvalue weighted by Crippen LogP contribution is 2.38. The van der Waals surface area contributed by atoms with E-state index < -0.39 is 0 Å². The molecule has 2 aliphatic heterocycles. The van der Waals surface area contributed by atoms with Gasteiger partial charge < -0.3 is 10.2 Å². The summed E-state index contributed by atoms with van der Waals surface area (Å²) in [4.78, 5) is 14.6. The third kappa shape index (κ3) is 2.46. The minimum absolute atomic E-state index is 0.0737. The van der Waals surface area contributed by atoms with E-state index in [-0.39, 0.29) is 5.91 Å². The summed E-state index contributed by atoms with van der Waals surface area (Å²) in [5.74, 6) is 1.53. The van der Waals surface area contributed by atoms with Gasteiger partial charge in [-0.1, -0.05) is 11.6 Å².